The van der Waals surface area contributed by atoms with Gasteiger partial charge in [-0.15, -0.1) is 0 Å². The van der Waals surface area contributed by atoms with Gasteiger partial charge in [0.1, 0.15) is 0 Å². The van der Waals surface area contributed by atoms with Gasteiger partial charge in [0.05, 0.1) is 21.4 Å². The molecule has 0 fully saturated rings. The van der Waals surface area contributed by atoms with Crippen LogP contribution in [0.15, 0.2) is 60.9 Å². The number of halogens is 2. The lowest BCUT2D eigenvalue weighted by Crippen LogP contribution is -1.92. The Morgan fingerprint density at radius 2 is 1.65 bits per heavy atom. The quantitative estimate of drug-likeness (QED) is 0.484. The van der Waals surface area contributed by atoms with Gasteiger partial charge in [0.15, 0.2) is 0 Å². The van der Waals surface area contributed by atoms with Crippen molar-refractivity contribution >= 4 is 29.0 Å². The van der Waals surface area contributed by atoms with Crippen LogP contribution in [0.5, 0.6) is 0 Å². The Balaban J connectivity index is 1.82. The molecule has 0 radical (unpaired) electrons. The summed E-state index contributed by atoms with van der Waals surface area (Å²) in [6.07, 6.45) is 4.08. The van der Waals surface area contributed by atoms with Crippen molar-refractivity contribution in [2.24, 2.45) is 7.05 Å². The highest BCUT2D eigenvalue weighted by molar-refractivity contribution is 6.42. The second-order valence-electron chi connectivity index (χ2n) is 5.40. The van der Waals surface area contributed by atoms with Crippen LogP contribution in [0.4, 0.5) is 0 Å². The van der Waals surface area contributed by atoms with Gasteiger partial charge in [0.2, 0.25) is 5.78 Å². The fourth-order valence-electron chi connectivity index (χ4n) is 2.72. The zero-order chi connectivity index (χ0) is 16.0. The van der Waals surface area contributed by atoms with E-state index >= 15 is 0 Å². The topological polar surface area (TPSA) is 22.2 Å². The molecule has 0 N–H and O–H groups in total. The van der Waals surface area contributed by atoms with Gasteiger partial charge in [-0.1, -0.05) is 59.6 Å². The van der Waals surface area contributed by atoms with E-state index in [0.29, 0.717) is 10.0 Å². The Hall–Kier alpha value is -2.23. The average Bonchev–Trinajstić information content (AvgIpc) is 3.11. The summed E-state index contributed by atoms with van der Waals surface area (Å²) in [7, 11) is 2.02. The van der Waals surface area contributed by atoms with E-state index in [1.807, 2.05) is 48.0 Å². The van der Waals surface area contributed by atoms with E-state index in [4.69, 9.17) is 28.2 Å². The molecular weight excluding hydrogens is 329 g/mol. The van der Waals surface area contributed by atoms with Gasteiger partial charge in [-0.3, -0.25) is 4.40 Å². The van der Waals surface area contributed by atoms with E-state index in [-0.39, 0.29) is 0 Å². The first kappa shape index (κ1) is 14.4. The molecule has 0 bridgehead atoms. The zero-order valence-corrected chi connectivity index (χ0v) is 13.9. The second kappa shape index (κ2) is 5.44. The van der Waals surface area contributed by atoms with Gasteiger partial charge < -0.3 is 4.57 Å². The summed E-state index contributed by atoms with van der Waals surface area (Å²) >= 11 is 12.1. The SMILES string of the molecule is Cn1c(-c2ccccc2)cn2cc(-c3ccc(Cl)c(Cl)c3)nc12. The molecular formula is C18H13Cl2N3. The highest BCUT2D eigenvalue weighted by Gasteiger charge is 2.12. The summed E-state index contributed by atoms with van der Waals surface area (Å²) in [5.74, 6) is 0.880. The Bertz CT molecular complexity index is 1000. The van der Waals surface area contributed by atoms with Gasteiger partial charge in [-0.2, -0.15) is 0 Å². The van der Waals surface area contributed by atoms with Crippen LogP contribution in [0, 0.1) is 0 Å². The van der Waals surface area contributed by atoms with Crippen LogP contribution in [0.2, 0.25) is 10.0 Å². The minimum Gasteiger partial charge on any atom is -0.313 e. The molecule has 0 aliphatic heterocycles. The molecule has 0 atom stereocenters. The van der Waals surface area contributed by atoms with Crippen molar-refractivity contribution in [2.75, 3.05) is 0 Å². The maximum atomic E-state index is 6.10. The summed E-state index contributed by atoms with van der Waals surface area (Å²) in [5, 5.41) is 1.08. The number of hydrogen-bond donors (Lipinski definition) is 0. The number of rotatable bonds is 2. The normalized spacial score (nSPS) is 11.3. The molecule has 0 amide bonds. The molecule has 0 saturated carbocycles. The molecule has 0 aliphatic rings. The maximum Gasteiger partial charge on any atom is 0.214 e. The number of aromatic nitrogens is 3. The fraction of sp³-hybridized carbons (Fsp3) is 0.0556. The van der Waals surface area contributed by atoms with Crippen molar-refractivity contribution in [2.45, 2.75) is 0 Å². The number of imidazole rings is 2. The van der Waals surface area contributed by atoms with Crippen LogP contribution in [-0.4, -0.2) is 14.0 Å². The van der Waals surface area contributed by atoms with E-state index in [9.17, 15) is 0 Å². The number of fused-ring (bicyclic) bond motifs is 1. The van der Waals surface area contributed by atoms with Crippen LogP contribution in [-0.2, 0) is 7.05 Å². The van der Waals surface area contributed by atoms with Crippen LogP contribution < -0.4 is 0 Å². The largest absolute Gasteiger partial charge is 0.313 e. The summed E-state index contributed by atoms with van der Waals surface area (Å²) in [4.78, 5) is 4.72. The molecule has 3 nitrogen and oxygen atoms in total. The molecule has 2 aromatic heterocycles. The molecule has 2 heterocycles. The minimum absolute atomic E-state index is 0.534. The predicted molar refractivity (Wildman–Crippen MR) is 95.1 cm³/mol. The summed E-state index contributed by atoms with van der Waals surface area (Å²) in [5.41, 5.74) is 4.10. The Kier molecular flexibility index (Phi) is 3.40. The van der Waals surface area contributed by atoms with Crippen LogP contribution in [0.3, 0.4) is 0 Å². The van der Waals surface area contributed by atoms with Gasteiger partial charge in [-0.25, -0.2) is 4.98 Å². The first-order chi connectivity index (χ1) is 11.1. The lowest BCUT2D eigenvalue weighted by atomic mass is 10.1. The highest BCUT2D eigenvalue weighted by atomic mass is 35.5. The summed E-state index contributed by atoms with van der Waals surface area (Å²) in [6, 6.07) is 15.8. The number of aryl methyl sites for hydroxylation is 1. The van der Waals surface area contributed by atoms with Crippen molar-refractivity contribution in [1.82, 2.24) is 14.0 Å². The molecule has 23 heavy (non-hydrogen) atoms. The third-order valence-corrected chi connectivity index (χ3v) is 4.66. The summed E-state index contributed by atoms with van der Waals surface area (Å²) < 4.78 is 4.11. The average molecular weight is 342 g/mol. The van der Waals surface area contributed by atoms with Crippen molar-refractivity contribution in [3.63, 3.8) is 0 Å². The molecule has 4 rings (SSSR count). The predicted octanol–water partition coefficient (Wildman–Crippen LogP) is 5.31. The third-order valence-electron chi connectivity index (χ3n) is 3.92. The van der Waals surface area contributed by atoms with Gasteiger partial charge in [0, 0.05) is 25.0 Å². The van der Waals surface area contributed by atoms with E-state index in [2.05, 4.69) is 22.9 Å². The highest BCUT2D eigenvalue weighted by Crippen LogP contribution is 2.29. The molecule has 0 spiro atoms. The zero-order valence-electron chi connectivity index (χ0n) is 12.4. The summed E-state index contributed by atoms with van der Waals surface area (Å²) in [6.45, 7) is 0. The first-order valence-corrected chi connectivity index (χ1v) is 7.94. The second-order valence-corrected chi connectivity index (χ2v) is 6.22. The molecule has 4 aromatic rings. The Morgan fingerprint density at radius 1 is 0.870 bits per heavy atom. The number of nitrogens with zero attached hydrogens (tertiary/aromatic N) is 3. The van der Waals surface area contributed by atoms with Crippen molar-refractivity contribution < 1.29 is 0 Å². The maximum absolute atomic E-state index is 6.10. The Morgan fingerprint density at radius 3 is 2.35 bits per heavy atom. The van der Waals surface area contributed by atoms with Gasteiger partial charge >= 0.3 is 0 Å². The Labute approximate surface area is 143 Å². The molecule has 0 saturated heterocycles. The van der Waals surface area contributed by atoms with Crippen molar-refractivity contribution in [3.8, 4) is 22.5 Å². The molecule has 0 aliphatic carbocycles. The number of benzene rings is 2. The van der Waals surface area contributed by atoms with E-state index < -0.39 is 0 Å². The van der Waals surface area contributed by atoms with Gasteiger partial charge in [0.25, 0.3) is 0 Å². The lowest BCUT2D eigenvalue weighted by molar-refractivity contribution is 0.945. The van der Waals surface area contributed by atoms with Gasteiger partial charge in [-0.05, 0) is 17.7 Å². The smallest absolute Gasteiger partial charge is 0.214 e. The van der Waals surface area contributed by atoms with Crippen LogP contribution in [0.1, 0.15) is 0 Å². The molecule has 2 aromatic carbocycles. The molecule has 0 unspecified atom stereocenters. The monoisotopic (exact) mass is 341 g/mol. The third kappa shape index (κ3) is 2.42. The first-order valence-electron chi connectivity index (χ1n) is 7.19. The van der Waals surface area contributed by atoms with Crippen molar-refractivity contribution in [1.29, 1.82) is 0 Å². The number of hydrogen-bond acceptors (Lipinski definition) is 1. The fourth-order valence-corrected chi connectivity index (χ4v) is 3.02. The van der Waals surface area contributed by atoms with Crippen molar-refractivity contribution in [3.05, 3.63) is 71.0 Å². The van der Waals surface area contributed by atoms with Crippen LogP contribution in [0.25, 0.3) is 28.3 Å². The molecule has 5 heteroatoms. The lowest BCUT2D eigenvalue weighted by Gasteiger charge is -2.02. The van der Waals surface area contributed by atoms with E-state index in [1.165, 1.54) is 0 Å². The van der Waals surface area contributed by atoms with E-state index in [1.54, 1.807) is 6.07 Å². The van der Waals surface area contributed by atoms with Crippen LogP contribution >= 0.6 is 23.2 Å². The van der Waals surface area contributed by atoms with E-state index in [0.717, 1.165) is 28.3 Å². The standard InChI is InChI=1S/C18H13Cl2N3/c1-22-17(12-5-3-2-4-6-12)11-23-10-16(21-18(22)23)13-7-8-14(19)15(20)9-13/h2-11H,1H3. The molecule has 114 valence electrons. The minimum atomic E-state index is 0.534.